The molecular weight excluding hydrogens is 300 g/mol. The summed E-state index contributed by atoms with van der Waals surface area (Å²) in [5, 5.41) is 1.41. The van der Waals surface area contributed by atoms with Gasteiger partial charge in [-0.15, -0.1) is 11.8 Å². The summed E-state index contributed by atoms with van der Waals surface area (Å²) < 4.78 is 0. The molecule has 0 aliphatic heterocycles. The first-order valence-electron chi connectivity index (χ1n) is 8.51. The molecule has 0 aliphatic rings. The molecule has 4 nitrogen and oxygen atoms in total. The number of nitrogens with one attached hydrogen (secondary N) is 1. The number of hydrogen-bond donors (Lipinski definition) is 1. The van der Waals surface area contributed by atoms with Gasteiger partial charge in [-0.1, -0.05) is 25.1 Å². The molecule has 0 atom stereocenters. The summed E-state index contributed by atoms with van der Waals surface area (Å²) in [6.45, 7) is 7.77. The van der Waals surface area contributed by atoms with Crippen LogP contribution in [0, 0.1) is 11.8 Å². The summed E-state index contributed by atoms with van der Waals surface area (Å²) in [6, 6.07) is 8.97. The zero-order valence-electron chi connectivity index (χ0n) is 15.2. The predicted molar refractivity (Wildman–Crippen MR) is 97.0 cm³/mol. The zero-order valence-corrected chi connectivity index (χ0v) is 15.2. The zero-order chi connectivity index (χ0) is 18.0. The number of nitrogens with zero attached hydrogens (tertiary/aromatic N) is 1. The molecular formula is C20H28N2O2. The molecule has 2 amide bonds. The number of hydrazine groups is 1. The fourth-order valence-corrected chi connectivity index (χ4v) is 2.05. The molecule has 1 aromatic rings. The number of unbranched alkanes of at least 4 members (excludes halogenated alkanes) is 2. The molecule has 4 heteroatoms. The minimum absolute atomic E-state index is 0.161. The van der Waals surface area contributed by atoms with Crippen LogP contribution in [-0.2, 0) is 4.79 Å². The number of carbonyl (C=O) groups excluding carboxylic acids is 2. The lowest BCUT2D eigenvalue weighted by atomic mass is 10.1. The van der Waals surface area contributed by atoms with Crippen LogP contribution in [0.5, 0.6) is 0 Å². The van der Waals surface area contributed by atoms with Gasteiger partial charge in [0.25, 0.3) is 5.91 Å². The molecule has 0 radical (unpaired) electrons. The van der Waals surface area contributed by atoms with Crippen LogP contribution in [0.2, 0.25) is 0 Å². The second-order valence-electron chi connectivity index (χ2n) is 6.67. The van der Waals surface area contributed by atoms with E-state index >= 15 is 0 Å². The number of rotatable bonds is 5. The van der Waals surface area contributed by atoms with Gasteiger partial charge in [-0.25, -0.2) is 5.01 Å². The van der Waals surface area contributed by atoms with Gasteiger partial charge in [0, 0.05) is 24.8 Å². The Morgan fingerprint density at radius 1 is 1.08 bits per heavy atom. The fourth-order valence-electron chi connectivity index (χ4n) is 2.05. The van der Waals surface area contributed by atoms with Crippen LogP contribution in [0.3, 0.4) is 0 Å². The first-order valence-corrected chi connectivity index (χ1v) is 8.51. The molecule has 0 saturated carbocycles. The molecule has 0 saturated heterocycles. The Kier molecular flexibility index (Phi) is 8.05. The van der Waals surface area contributed by atoms with Crippen molar-refractivity contribution in [2.75, 3.05) is 0 Å². The number of hydrogen-bond acceptors (Lipinski definition) is 2. The smallest absolute Gasteiger partial charge is 0.272 e. The van der Waals surface area contributed by atoms with Crippen molar-refractivity contribution in [3.05, 3.63) is 35.9 Å². The highest BCUT2D eigenvalue weighted by molar-refractivity contribution is 5.95. The van der Waals surface area contributed by atoms with E-state index in [-0.39, 0.29) is 11.8 Å². The van der Waals surface area contributed by atoms with Crippen molar-refractivity contribution in [2.24, 2.45) is 0 Å². The number of carbonyl (C=O) groups is 2. The summed E-state index contributed by atoms with van der Waals surface area (Å²) in [4.78, 5) is 24.8. The van der Waals surface area contributed by atoms with Crippen LogP contribution in [0.4, 0.5) is 0 Å². The summed E-state index contributed by atoms with van der Waals surface area (Å²) in [7, 11) is 0. The SMILES string of the molecule is CCCC#CCCCC(=O)NN(C(=O)c1ccccc1)C(C)(C)C. The van der Waals surface area contributed by atoms with Crippen molar-refractivity contribution in [3.8, 4) is 11.8 Å². The maximum Gasteiger partial charge on any atom is 0.272 e. The topological polar surface area (TPSA) is 49.4 Å². The minimum atomic E-state index is -0.510. The highest BCUT2D eigenvalue weighted by atomic mass is 16.2. The molecule has 1 rings (SSSR count). The molecule has 0 aromatic heterocycles. The Bertz CT molecular complexity index is 592. The predicted octanol–water partition coefficient (Wildman–Crippen LogP) is 3.93. The van der Waals surface area contributed by atoms with E-state index in [9.17, 15) is 9.59 Å². The second-order valence-corrected chi connectivity index (χ2v) is 6.67. The molecule has 0 unspecified atom stereocenters. The average molecular weight is 328 g/mol. The fraction of sp³-hybridized carbons (Fsp3) is 0.500. The van der Waals surface area contributed by atoms with E-state index in [1.165, 1.54) is 5.01 Å². The van der Waals surface area contributed by atoms with Gasteiger partial charge in [0.15, 0.2) is 0 Å². The van der Waals surface area contributed by atoms with Gasteiger partial charge in [-0.05, 0) is 45.7 Å². The van der Waals surface area contributed by atoms with Crippen molar-refractivity contribution in [1.82, 2.24) is 10.4 Å². The molecule has 0 bridgehead atoms. The van der Waals surface area contributed by atoms with Crippen LogP contribution in [0.1, 0.15) is 70.2 Å². The normalized spacial score (nSPS) is 10.5. The highest BCUT2D eigenvalue weighted by Crippen LogP contribution is 2.15. The lowest BCUT2D eigenvalue weighted by Gasteiger charge is -2.35. The van der Waals surface area contributed by atoms with Crippen molar-refractivity contribution in [1.29, 1.82) is 0 Å². The van der Waals surface area contributed by atoms with Crippen LogP contribution in [0.15, 0.2) is 30.3 Å². The molecule has 0 heterocycles. The van der Waals surface area contributed by atoms with Gasteiger partial charge in [0.05, 0.1) is 5.54 Å². The maximum absolute atomic E-state index is 12.7. The third-order valence-electron chi connectivity index (χ3n) is 3.34. The number of amides is 2. The highest BCUT2D eigenvalue weighted by Gasteiger charge is 2.28. The quantitative estimate of drug-likeness (QED) is 0.506. The van der Waals surface area contributed by atoms with Crippen molar-refractivity contribution < 1.29 is 9.59 Å². The van der Waals surface area contributed by atoms with Gasteiger partial charge < -0.3 is 0 Å². The molecule has 1 N–H and O–H groups in total. The van der Waals surface area contributed by atoms with Crippen LogP contribution in [-0.4, -0.2) is 22.4 Å². The van der Waals surface area contributed by atoms with E-state index in [2.05, 4.69) is 24.2 Å². The number of benzene rings is 1. The van der Waals surface area contributed by atoms with E-state index in [1.54, 1.807) is 12.1 Å². The van der Waals surface area contributed by atoms with Crippen molar-refractivity contribution >= 4 is 11.8 Å². The van der Waals surface area contributed by atoms with E-state index in [1.807, 2.05) is 39.0 Å². The summed E-state index contributed by atoms with van der Waals surface area (Å²) in [6.07, 6.45) is 3.70. The van der Waals surface area contributed by atoms with Crippen molar-refractivity contribution in [2.45, 2.75) is 65.3 Å². The molecule has 130 valence electrons. The Balaban J connectivity index is 2.63. The van der Waals surface area contributed by atoms with Gasteiger partial charge in [0.2, 0.25) is 5.91 Å². The van der Waals surface area contributed by atoms with Crippen molar-refractivity contribution in [3.63, 3.8) is 0 Å². The van der Waals surface area contributed by atoms with E-state index < -0.39 is 5.54 Å². The first-order chi connectivity index (χ1) is 11.4. The largest absolute Gasteiger partial charge is 0.273 e. The summed E-state index contributed by atoms with van der Waals surface area (Å²) in [5.41, 5.74) is 2.80. The third-order valence-corrected chi connectivity index (χ3v) is 3.34. The molecule has 1 aromatic carbocycles. The van der Waals surface area contributed by atoms with Gasteiger partial charge >= 0.3 is 0 Å². The standard InChI is InChI=1S/C20H28N2O2/c1-5-6-7-8-9-13-16-18(23)21-22(20(2,3)4)19(24)17-14-11-10-12-15-17/h10-12,14-15H,5-6,9,13,16H2,1-4H3,(H,21,23). The Morgan fingerprint density at radius 3 is 2.29 bits per heavy atom. The average Bonchev–Trinajstić information content (AvgIpc) is 2.55. The van der Waals surface area contributed by atoms with Gasteiger partial charge in [0.1, 0.15) is 0 Å². The van der Waals surface area contributed by atoms with E-state index in [4.69, 9.17) is 0 Å². The van der Waals surface area contributed by atoms with Gasteiger partial charge in [-0.3, -0.25) is 15.0 Å². The Morgan fingerprint density at radius 2 is 1.71 bits per heavy atom. The van der Waals surface area contributed by atoms with Crippen LogP contribution >= 0.6 is 0 Å². The monoisotopic (exact) mass is 328 g/mol. The van der Waals surface area contributed by atoms with Crippen LogP contribution in [0.25, 0.3) is 0 Å². The maximum atomic E-state index is 12.7. The third kappa shape index (κ3) is 6.87. The molecule has 0 fully saturated rings. The lowest BCUT2D eigenvalue weighted by Crippen LogP contribution is -2.55. The van der Waals surface area contributed by atoms with E-state index in [0.717, 1.165) is 12.8 Å². The Labute approximate surface area is 145 Å². The van der Waals surface area contributed by atoms with Gasteiger partial charge in [-0.2, -0.15) is 0 Å². The first kappa shape index (κ1) is 19.8. The van der Waals surface area contributed by atoms with E-state index in [0.29, 0.717) is 24.8 Å². The molecule has 0 spiro atoms. The summed E-state index contributed by atoms with van der Waals surface area (Å²) in [5.74, 6) is 5.76. The lowest BCUT2D eigenvalue weighted by molar-refractivity contribution is -0.126. The second kappa shape index (κ2) is 9.77. The Hall–Kier alpha value is -2.28. The minimum Gasteiger partial charge on any atom is -0.273 e. The summed E-state index contributed by atoms with van der Waals surface area (Å²) >= 11 is 0. The molecule has 24 heavy (non-hydrogen) atoms. The molecule has 0 aliphatic carbocycles. The van der Waals surface area contributed by atoms with Crippen LogP contribution < -0.4 is 5.43 Å².